The van der Waals surface area contributed by atoms with Gasteiger partial charge >= 0.3 is 12.2 Å². The predicted octanol–water partition coefficient (Wildman–Crippen LogP) is 4.84. The fourth-order valence-corrected chi connectivity index (χ4v) is 3.30. The molecule has 1 aliphatic rings. The second-order valence-corrected chi connectivity index (χ2v) is 7.66. The first-order chi connectivity index (χ1) is 15.5. The molecule has 176 valence electrons. The molecule has 0 saturated carbocycles. The second-order valence-electron chi connectivity index (χ2n) is 7.23. The van der Waals surface area contributed by atoms with Crippen molar-refractivity contribution >= 4 is 29.2 Å². The van der Waals surface area contributed by atoms with Crippen LogP contribution in [0.25, 0.3) is 0 Å². The number of carbonyl (C=O) groups excluding carboxylic acids is 2. The van der Waals surface area contributed by atoms with E-state index in [2.05, 4.69) is 11.9 Å². The van der Waals surface area contributed by atoms with Gasteiger partial charge in [0.25, 0.3) is 5.91 Å². The fraction of sp³-hybridized carbons (Fsp3) is 0.273. The summed E-state index contributed by atoms with van der Waals surface area (Å²) in [6, 6.07) is 8.82. The number of anilines is 1. The normalized spacial score (nSPS) is 13.9. The first-order valence-electron chi connectivity index (χ1n) is 9.84. The molecular formula is C22H20ClF4N3O3. The van der Waals surface area contributed by atoms with Gasteiger partial charge in [0.2, 0.25) is 0 Å². The van der Waals surface area contributed by atoms with Gasteiger partial charge in [-0.15, -0.1) is 0 Å². The van der Waals surface area contributed by atoms with Crippen molar-refractivity contribution in [2.24, 2.45) is 0 Å². The van der Waals surface area contributed by atoms with E-state index in [1.807, 2.05) is 0 Å². The molecule has 0 unspecified atom stereocenters. The van der Waals surface area contributed by atoms with Gasteiger partial charge in [0.1, 0.15) is 11.6 Å². The van der Waals surface area contributed by atoms with Gasteiger partial charge in [-0.3, -0.25) is 9.69 Å². The molecule has 0 bridgehead atoms. The maximum absolute atomic E-state index is 13.3. The monoisotopic (exact) mass is 485 g/mol. The molecule has 0 aromatic heterocycles. The van der Waals surface area contributed by atoms with Gasteiger partial charge in [0, 0.05) is 42.5 Å². The van der Waals surface area contributed by atoms with Crippen molar-refractivity contribution in [2.45, 2.75) is 12.6 Å². The average molecular weight is 486 g/mol. The molecule has 11 heteroatoms. The quantitative estimate of drug-likeness (QED) is 0.544. The maximum atomic E-state index is 13.3. The molecule has 1 fully saturated rings. The Balaban J connectivity index is 1.44. The van der Waals surface area contributed by atoms with E-state index in [9.17, 15) is 27.2 Å². The number of alkyl halides is 3. The topological polar surface area (TPSA) is 61.9 Å². The Labute approximate surface area is 192 Å². The van der Waals surface area contributed by atoms with E-state index in [0.717, 1.165) is 11.8 Å². The number of carbonyl (C=O) groups is 2. The molecule has 0 atom stereocenters. The van der Waals surface area contributed by atoms with Crippen LogP contribution >= 0.6 is 11.6 Å². The minimum Gasteiger partial charge on any atom is -0.484 e. The Kier molecular flexibility index (Phi) is 7.47. The Hall–Kier alpha value is -3.27. The second kappa shape index (κ2) is 10.1. The third-order valence-corrected chi connectivity index (χ3v) is 5.10. The van der Waals surface area contributed by atoms with Crippen LogP contribution in [-0.2, 0) is 11.0 Å². The SMILES string of the molecule is C=C(CCN1CCN(c2ccc(Cl)cc2)C1=O)NC(=O)COc1ccc(F)c(C(F)(F)F)c1. The number of hydrogen-bond acceptors (Lipinski definition) is 3. The standard InChI is InChI=1S/C22H20ClF4N3O3/c1-14(8-9-29-10-11-30(21(29)32)16-4-2-15(23)3-5-16)28-20(31)13-33-17-6-7-19(24)18(12-17)22(25,26)27/h2-7,12H,1,8-11,13H2,(H,28,31). The summed E-state index contributed by atoms with van der Waals surface area (Å²) >= 11 is 5.87. The van der Waals surface area contributed by atoms with Crippen LogP contribution in [0.3, 0.4) is 0 Å². The highest BCUT2D eigenvalue weighted by atomic mass is 35.5. The number of rotatable bonds is 8. The largest absolute Gasteiger partial charge is 0.484 e. The molecule has 0 spiro atoms. The fourth-order valence-electron chi connectivity index (χ4n) is 3.18. The molecule has 6 nitrogen and oxygen atoms in total. The highest BCUT2D eigenvalue weighted by Crippen LogP contribution is 2.33. The molecular weight excluding hydrogens is 466 g/mol. The molecule has 2 aromatic carbocycles. The van der Waals surface area contributed by atoms with Crippen molar-refractivity contribution in [3.8, 4) is 5.75 Å². The summed E-state index contributed by atoms with van der Waals surface area (Å²) < 4.78 is 56.6. The van der Waals surface area contributed by atoms with Crippen molar-refractivity contribution in [1.82, 2.24) is 10.2 Å². The lowest BCUT2D eigenvalue weighted by Gasteiger charge is -2.19. The predicted molar refractivity (Wildman–Crippen MR) is 115 cm³/mol. The Morgan fingerprint density at radius 1 is 1.15 bits per heavy atom. The smallest absolute Gasteiger partial charge is 0.419 e. The van der Waals surface area contributed by atoms with Gasteiger partial charge in [-0.1, -0.05) is 18.2 Å². The van der Waals surface area contributed by atoms with Crippen LogP contribution in [0.1, 0.15) is 12.0 Å². The summed E-state index contributed by atoms with van der Waals surface area (Å²) in [4.78, 5) is 27.8. The van der Waals surface area contributed by atoms with Crippen LogP contribution in [0.15, 0.2) is 54.7 Å². The summed E-state index contributed by atoms with van der Waals surface area (Å²) in [7, 11) is 0. The number of amides is 3. The van der Waals surface area contributed by atoms with Crippen LogP contribution in [0.2, 0.25) is 5.02 Å². The third-order valence-electron chi connectivity index (χ3n) is 4.85. The number of urea groups is 1. The van der Waals surface area contributed by atoms with E-state index in [0.29, 0.717) is 42.5 Å². The van der Waals surface area contributed by atoms with E-state index in [1.165, 1.54) is 0 Å². The van der Waals surface area contributed by atoms with Gasteiger partial charge in [-0.2, -0.15) is 13.2 Å². The Morgan fingerprint density at radius 3 is 2.52 bits per heavy atom. The van der Waals surface area contributed by atoms with Crippen molar-refractivity contribution < 1.29 is 31.9 Å². The Morgan fingerprint density at radius 2 is 1.85 bits per heavy atom. The molecule has 33 heavy (non-hydrogen) atoms. The minimum atomic E-state index is -4.88. The van der Waals surface area contributed by atoms with Crippen molar-refractivity contribution in [3.63, 3.8) is 0 Å². The lowest BCUT2D eigenvalue weighted by molar-refractivity contribution is -0.140. The number of hydrogen-bond donors (Lipinski definition) is 1. The van der Waals surface area contributed by atoms with E-state index in [4.69, 9.17) is 16.3 Å². The summed E-state index contributed by atoms with van der Waals surface area (Å²) in [6.07, 6.45) is -4.60. The van der Waals surface area contributed by atoms with E-state index in [1.54, 1.807) is 34.1 Å². The number of halogens is 5. The molecule has 3 rings (SSSR count). The molecule has 1 N–H and O–H groups in total. The summed E-state index contributed by atoms with van der Waals surface area (Å²) in [5, 5.41) is 3.04. The summed E-state index contributed by atoms with van der Waals surface area (Å²) in [5.41, 5.74) is -0.435. The van der Waals surface area contributed by atoms with Gasteiger partial charge in [0.15, 0.2) is 6.61 Å². The number of benzene rings is 2. The highest BCUT2D eigenvalue weighted by molar-refractivity contribution is 6.30. The molecule has 1 aliphatic heterocycles. The van der Waals surface area contributed by atoms with E-state index >= 15 is 0 Å². The first kappa shape index (κ1) is 24.4. The number of nitrogens with zero attached hydrogens (tertiary/aromatic N) is 2. The molecule has 2 aromatic rings. The van der Waals surface area contributed by atoms with Crippen LogP contribution in [0.5, 0.6) is 5.75 Å². The van der Waals surface area contributed by atoms with Gasteiger partial charge in [0.05, 0.1) is 5.56 Å². The number of ether oxygens (including phenoxy) is 1. The molecule has 1 saturated heterocycles. The molecule has 0 aliphatic carbocycles. The molecule has 3 amide bonds. The van der Waals surface area contributed by atoms with Gasteiger partial charge in [-0.25, -0.2) is 9.18 Å². The lowest BCUT2D eigenvalue weighted by atomic mass is 10.2. The van der Waals surface area contributed by atoms with E-state index in [-0.39, 0.29) is 18.2 Å². The van der Waals surface area contributed by atoms with Crippen LogP contribution in [0.4, 0.5) is 28.0 Å². The Bertz CT molecular complexity index is 1040. The maximum Gasteiger partial charge on any atom is 0.419 e. The van der Waals surface area contributed by atoms with Crippen LogP contribution in [0, 0.1) is 5.82 Å². The van der Waals surface area contributed by atoms with E-state index < -0.39 is 30.1 Å². The van der Waals surface area contributed by atoms with Crippen molar-refractivity contribution in [2.75, 3.05) is 31.1 Å². The van der Waals surface area contributed by atoms with Crippen LogP contribution in [-0.4, -0.2) is 43.1 Å². The third kappa shape index (κ3) is 6.38. The zero-order chi connectivity index (χ0) is 24.2. The number of nitrogens with one attached hydrogen (secondary N) is 1. The summed E-state index contributed by atoms with van der Waals surface area (Å²) in [5.74, 6) is -2.37. The van der Waals surface area contributed by atoms with Crippen molar-refractivity contribution in [1.29, 1.82) is 0 Å². The van der Waals surface area contributed by atoms with Crippen LogP contribution < -0.4 is 15.0 Å². The lowest BCUT2D eigenvalue weighted by Crippen LogP contribution is -2.34. The molecule has 0 radical (unpaired) electrons. The minimum absolute atomic E-state index is 0.184. The zero-order valence-corrected chi connectivity index (χ0v) is 18.0. The summed E-state index contributed by atoms with van der Waals surface area (Å²) in [6.45, 7) is 4.46. The van der Waals surface area contributed by atoms with Crippen molar-refractivity contribution in [3.05, 3.63) is 71.1 Å². The molecule has 1 heterocycles. The average Bonchev–Trinajstić information content (AvgIpc) is 3.11. The first-order valence-corrected chi connectivity index (χ1v) is 10.2. The highest BCUT2D eigenvalue weighted by Gasteiger charge is 2.34. The van der Waals surface area contributed by atoms with Gasteiger partial charge < -0.3 is 15.0 Å². The zero-order valence-electron chi connectivity index (χ0n) is 17.3. The van der Waals surface area contributed by atoms with Gasteiger partial charge in [-0.05, 0) is 42.5 Å².